The van der Waals surface area contributed by atoms with Crippen molar-refractivity contribution in [3.05, 3.63) is 29.0 Å². The average Bonchev–Trinajstić information content (AvgIpc) is 2.77. The monoisotopic (exact) mass is 300 g/mol. The number of benzene rings is 1. The number of likely N-dealkylation sites (tertiary alicyclic amines) is 1. The van der Waals surface area contributed by atoms with Gasteiger partial charge in [0.25, 0.3) is 0 Å². The van der Waals surface area contributed by atoms with Crippen molar-refractivity contribution in [2.75, 3.05) is 18.4 Å². The highest BCUT2D eigenvalue weighted by Gasteiger charge is 2.42. The number of amides is 2. The van der Waals surface area contributed by atoms with Crippen molar-refractivity contribution in [2.45, 2.75) is 13.3 Å². The zero-order chi connectivity index (χ0) is 14.9. The maximum Gasteiger partial charge on any atom is 0.321 e. The quantitative estimate of drug-likeness (QED) is 0.882. The van der Waals surface area contributed by atoms with Crippen LogP contribution in [0.25, 0.3) is 0 Å². The molecule has 1 aliphatic heterocycles. The predicted molar refractivity (Wildman–Crippen MR) is 72.4 cm³/mol. The number of anilines is 1. The highest BCUT2D eigenvalue weighted by atomic mass is 35.5. The van der Waals surface area contributed by atoms with Gasteiger partial charge in [-0.25, -0.2) is 9.18 Å². The molecule has 0 aromatic heterocycles. The Morgan fingerprint density at radius 3 is 2.75 bits per heavy atom. The van der Waals surface area contributed by atoms with E-state index in [9.17, 15) is 14.0 Å². The number of hydrogen-bond donors (Lipinski definition) is 2. The number of urea groups is 1. The van der Waals surface area contributed by atoms with E-state index in [1.54, 1.807) is 6.92 Å². The van der Waals surface area contributed by atoms with Gasteiger partial charge in [-0.3, -0.25) is 4.79 Å². The van der Waals surface area contributed by atoms with Crippen LogP contribution in [0.5, 0.6) is 0 Å². The molecule has 2 N–H and O–H groups in total. The third kappa shape index (κ3) is 2.85. The van der Waals surface area contributed by atoms with E-state index in [1.807, 2.05) is 0 Å². The molecular weight excluding hydrogens is 287 g/mol. The summed E-state index contributed by atoms with van der Waals surface area (Å²) in [5.41, 5.74) is -0.932. The summed E-state index contributed by atoms with van der Waals surface area (Å²) in [5, 5.41) is 11.8. The number of rotatable bonds is 2. The van der Waals surface area contributed by atoms with E-state index in [1.165, 1.54) is 17.0 Å². The van der Waals surface area contributed by atoms with Crippen LogP contribution < -0.4 is 5.32 Å². The smallest absolute Gasteiger partial charge is 0.321 e. The van der Waals surface area contributed by atoms with Crippen LogP contribution in [0.3, 0.4) is 0 Å². The summed E-state index contributed by atoms with van der Waals surface area (Å²) in [6.45, 7) is 2.01. The van der Waals surface area contributed by atoms with Crippen molar-refractivity contribution >= 4 is 29.3 Å². The van der Waals surface area contributed by atoms with Gasteiger partial charge in [-0.15, -0.1) is 0 Å². The summed E-state index contributed by atoms with van der Waals surface area (Å²) >= 11 is 5.62. The molecule has 0 bridgehead atoms. The molecule has 1 aromatic carbocycles. The Bertz CT molecular complexity index is 567. The van der Waals surface area contributed by atoms with E-state index >= 15 is 0 Å². The zero-order valence-corrected chi connectivity index (χ0v) is 11.6. The van der Waals surface area contributed by atoms with Crippen molar-refractivity contribution in [1.82, 2.24) is 4.90 Å². The Balaban J connectivity index is 2.05. The number of halogens is 2. The van der Waals surface area contributed by atoms with Crippen molar-refractivity contribution < 1.29 is 19.1 Å². The van der Waals surface area contributed by atoms with E-state index in [0.29, 0.717) is 13.0 Å². The third-order valence-electron chi connectivity index (χ3n) is 3.45. The molecule has 20 heavy (non-hydrogen) atoms. The molecule has 1 atom stereocenters. The summed E-state index contributed by atoms with van der Waals surface area (Å²) in [5.74, 6) is -1.57. The Kier molecular flexibility index (Phi) is 3.85. The molecule has 1 unspecified atom stereocenters. The van der Waals surface area contributed by atoms with E-state index in [4.69, 9.17) is 16.7 Å². The average molecular weight is 301 g/mol. The maximum atomic E-state index is 13.6. The van der Waals surface area contributed by atoms with Gasteiger partial charge >= 0.3 is 12.0 Å². The molecule has 2 amide bonds. The second kappa shape index (κ2) is 5.28. The van der Waals surface area contributed by atoms with Crippen molar-refractivity contribution in [2.24, 2.45) is 5.41 Å². The largest absolute Gasteiger partial charge is 0.481 e. The van der Waals surface area contributed by atoms with Gasteiger partial charge in [0.15, 0.2) is 0 Å². The Morgan fingerprint density at radius 1 is 1.50 bits per heavy atom. The first-order chi connectivity index (χ1) is 9.32. The minimum absolute atomic E-state index is 0.0170. The summed E-state index contributed by atoms with van der Waals surface area (Å²) in [6.07, 6.45) is 0.374. The first-order valence-corrected chi connectivity index (χ1v) is 6.44. The van der Waals surface area contributed by atoms with Crippen LogP contribution in [0.2, 0.25) is 5.02 Å². The number of carbonyl (C=O) groups excluding carboxylic acids is 1. The number of nitrogens with zero attached hydrogens (tertiary/aromatic N) is 1. The standard InChI is InChI=1S/C13H14ClFN2O3/c1-13(11(18)19)4-5-17(7-13)12(20)16-10-3-2-8(14)6-9(10)15/h2-3,6H,4-5,7H2,1H3,(H,16,20)(H,18,19). The first-order valence-electron chi connectivity index (χ1n) is 6.06. The van der Waals surface area contributed by atoms with Gasteiger partial charge < -0.3 is 15.3 Å². The molecule has 1 aromatic rings. The number of nitrogens with one attached hydrogen (secondary N) is 1. The lowest BCUT2D eigenvalue weighted by Gasteiger charge is -2.20. The molecule has 108 valence electrons. The minimum Gasteiger partial charge on any atom is -0.481 e. The second-order valence-corrected chi connectivity index (χ2v) is 5.53. The molecule has 0 aliphatic carbocycles. The topological polar surface area (TPSA) is 69.6 Å². The molecule has 1 heterocycles. The SMILES string of the molecule is CC1(C(=O)O)CCN(C(=O)Nc2ccc(Cl)cc2F)C1. The highest BCUT2D eigenvalue weighted by molar-refractivity contribution is 6.30. The van der Waals surface area contributed by atoms with E-state index in [-0.39, 0.29) is 17.3 Å². The molecule has 0 spiro atoms. The van der Waals surface area contributed by atoms with Gasteiger partial charge in [-0.1, -0.05) is 11.6 Å². The predicted octanol–water partition coefficient (Wildman–Crippen LogP) is 2.81. The van der Waals surface area contributed by atoms with Crippen LogP contribution >= 0.6 is 11.6 Å². The van der Waals surface area contributed by atoms with Crippen molar-refractivity contribution in [3.63, 3.8) is 0 Å². The minimum atomic E-state index is -0.949. The number of carboxylic acid groups (broad SMARTS) is 1. The van der Waals surface area contributed by atoms with Gasteiger partial charge in [0.1, 0.15) is 5.82 Å². The first kappa shape index (κ1) is 14.6. The fourth-order valence-corrected chi connectivity index (χ4v) is 2.25. The van der Waals surface area contributed by atoms with E-state index in [2.05, 4.69) is 5.32 Å². The van der Waals surface area contributed by atoms with E-state index < -0.39 is 23.2 Å². The van der Waals surface area contributed by atoms with Crippen LogP contribution in [-0.2, 0) is 4.79 Å². The fraction of sp³-hybridized carbons (Fsp3) is 0.385. The number of hydrogen-bond acceptors (Lipinski definition) is 2. The van der Waals surface area contributed by atoms with Gasteiger partial charge in [-0.05, 0) is 31.5 Å². The molecule has 2 rings (SSSR count). The van der Waals surface area contributed by atoms with Crippen LogP contribution in [0.4, 0.5) is 14.9 Å². The van der Waals surface area contributed by atoms with Crippen LogP contribution in [-0.4, -0.2) is 35.1 Å². The van der Waals surface area contributed by atoms with Crippen LogP contribution in [0.1, 0.15) is 13.3 Å². The van der Waals surface area contributed by atoms with Crippen LogP contribution in [0.15, 0.2) is 18.2 Å². The molecule has 1 saturated heterocycles. The molecular formula is C13H14ClFN2O3. The summed E-state index contributed by atoms with van der Waals surface area (Å²) < 4.78 is 13.6. The summed E-state index contributed by atoms with van der Waals surface area (Å²) in [7, 11) is 0. The Labute approximate surface area is 120 Å². The Morgan fingerprint density at radius 2 is 2.20 bits per heavy atom. The van der Waals surface area contributed by atoms with Gasteiger partial charge in [0, 0.05) is 18.1 Å². The lowest BCUT2D eigenvalue weighted by Crippen LogP contribution is -2.37. The zero-order valence-electron chi connectivity index (χ0n) is 10.8. The lowest BCUT2D eigenvalue weighted by molar-refractivity contribution is -0.146. The Hall–Kier alpha value is -1.82. The third-order valence-corrected chi connectivity index (χ3v) is 3.68. The van der Waals surface area contributed by atoms with Gasteiger partial charge in [-0.2, -0.15) is 0 Å². The molecule has 0 radical (unpaired) electrons. The number of carboxylic acids is 1. The van der Waals surface area contributed by atoms with E-state index in [0.717, 1.165) is 6.07 Å². The normalized spacial score (nSPS) is 21.9. The fourth-order valence-electron chi connectivity index (χ4n) is 2.09. The van der Waals surface area contributed by atoms with Crippen LogP contribution in [0, 0.1) is 11.2 Å². The van der Waals surface area contributed by atoms with Crippen molar-refractivity contribution in [1.29, 1.82) is 0 Å². The summed E-state index contributed by atoms with van der Waals surface area (Å²) in [6, 6.07) is 3.41. The molecule has 5 nitrogen and oxygen atoms in total. The maximum absolute atomic E-state index is 13.6. The molecule has 7 heteroatoms. The number of carbonyl (C=O) groups is 2. The van der Waals surface area contributed by atoms with Gasteiger partial charge in [0.2, 0.25) is 0 Å². The molecule has 0 saturated carbocycles. The molecule has 1 aliphatic rings. The number of aliphatic carboxylic acids is 1. The van der Waals surface area contributed by atoms with Crippen molar-refractivity contribution in [3.8, 4) is 0 Å². The molecule has 1 fully saturated rings. The lowest BCUT2D eigenvalue weighted by atomic mass is 9.90. The van der Waals surface area contributed by atoms with Gasteiger partial charge in [0.05, 0.1) is 11.1 Å². The second-order valence-electron chi connectivity index (χ2n) is 5.09. The highest BCUT2D eigenvalue weighted by Crippen LogP contribution is 2.30. The summed E-state index contributed by atoms with van der Waals surface area (Å²) in [4.78, 5) is 24.5.